The van der Waals surface area contributed by atoms with Crippen LogP contribution in [0.15, 0.2) is 0 Å². The smallest absolute Gasteiger partial charge is 0.117 e. The lowest BCUT2D eigenvalue weighted by Crippen LogP contribution is -2.69. The molecular weight excluding hydrogens is 984 g/mol. The molecule has 0 unspecified atom stereocenters. The maximum Gasteiger partial charge on any atom is 0.117 e. The summed E-state index contributed by atoms with van der Waals surface area (Å²) in [5, 5.41) is 0.0366. The van der Waals surface area contributed by atoms with Gasteiger partial charge >= 0.3 is 0 Å². The van der Waals surface area contributed by atoms with Gasteiger partial charge in [-0.1, -0.05) is 65.6 Å². The minimum absolute atomic E-state index is 0.00738. The van der Waals surface area contributed by atoms with Crippen LogP contribution >= 0.6 is 0 Å². The van der Waals surface area contributed by atoms with Crippen molar-refractivity contribution < 1.29 is 0 Å². The van der Waals surface area contributed by atoms with Crippen LogP contribution in [-0.4, -0.2) is 276 Å². The number of benzene rings is 8. The highest BCUT2D eigenvalue weighted by Crippen LogP contribution is 2.40. The van der Waals surface area contributed by atoms with Gasteiger partial charge in [-0.3, -0.25) is 0 Å². The topological polar surface area (TPSA) is 9.86 Å². The first-order valence-corrected chi connectivity index (χ1v) is 24.7. The molecule has 0 bridgehead atoms. The Morgan fingerprint density at radius 3 is 0.553 bits per heavy atom. The number of hydrogen-bond donors (Lipinski definition) is 0. The van der Waals surface area contributed by atoms with Crippen LogP contribution in [0, 0.1) is 0 Å². The van der Waals surface area contributed by atoms with Crippen molar-refractivity contribution in [3.05, 3.63) is 22.3 Å². The lowest BCUT2D eigenvalue weighted by Gasteiger charge is -2.49. The minimum Gasteiger partial charge on any atom is -0.312 e. The molecule has 0 saturated carbocycles. The van der Waals surface area contributed by atoms with Crippen LogP contribution in [-0.2, 0) is 5.41 Å². The van der Waals surface area contributed by atoms with Crippen LogP contribution in [0.5, 0.6) is 0 Å². The number of nitrogens with zero attached hydrogens (tertiary/aromatic N) is 2. The second-order valence-corrected chi connectivity index (χ2v) is 20.6. The summed E-state index contributed by atoms with van der Waals surface area (Å²) in [6.07, 6.45) is 0. The Kier molecular flexibility index (Phi) is 16.0. The van der Waals surface area contributed by atoms with Crippen molar-refractivity contribution in [2.45, 2.75) is 5.41 Å². The van der Waals surface area contributed by atoms with E-state index in [4.69, 9.17) is 267 Å². The van der Waals surface area contributed by atoms with Gasteiger partial charge in [-0.2, -0.15) is 0 Å². The maximum atomic E-state index is 7.80. The summed E-state index contributed by atoms with van der Waals surface area (Å²) < 4.78 is 2.65. The summed E-state index contributed by atoms with van der Waals surface area (Å²) in [6, 6.07) is 0. The van der Waals surface area contributed by atoms with Gasteiger partial charge in [0.2, 0.25) is 0 Å². The van der Waals surface area contributed by atoms with E-state index < -0.39 is 121 Å². The molecule has 0 saturated heterocycles. The zero-order valence-electron chi connectivity index (χ0n) is 45.0. The zero-order chi connectivity index (χ0) is 63.4. The van der Waals surface area contributed by atoms with Crippen molar-refractivity contribution in [1.82, 2.24) is 9.13 Å². The number of aromatic nitrogens is 2. The van der Waals surface area contributed by atoms with E-state index in [-0.39, 0.29) is 148 Å². The summed E-state index contributed by atoms with van der Waals surface area (Å²) in [4.78, 5) is 0. The molecule has 36 heteroatoms. The molecule has 2 nitrogen and oxygen atoms in total. The zero-order valence-corrected chi connectivity index (χ0v) is 45.0. The SMILES string of the molecule is [B]c1c([B])c([B])c(C(c2c([B])c([B])c([B])c([B])c2[B])(c2c([B])c([B])c([B])c([B])c2[B])c2c([B])c([B])c([B])c(-n3c4c([B])c([B])c([B])c([B])c4c4c([B])c(-n5c6c([B])c([B])c([B])c([B])c6c6c([B])c([B])c([B])c([B])c65)c([B])c([B])c43)c2[B])c([B])c1[B]. The molecule has 308 valence electrons. The van der Waals surface area contributed by atoms with E-state index in [0.29, 0.717) is 0 Å². The van der Waals surface area contributed by atoms with E-state index in [2.05, 4.69) is 0 Å². The molecule has 0 fully saturated rings. The van der Waals surface area contributed by atoms with Crippen molar-refractivity contribution in [1.29, 1.82) is 0 Å². The second-order valence-electron chi connectivity index (χ2n) is 20.6. The lowest BCUT2D eigenvalue weighted by atomic mass is 9.43. The van der Waals surface area contributed by atoms with Crippen molar-refractivity contribution in [3.63, 3.8) is 0 Å². The molecule has 0 N–H and O–H groups in total. The molecule has 0 aliphatic carbocycles. The summed E-state index contributed by atoms with van der Waals surface area (Å²) in [5.74, 6) is 0. The minimum atomic E-state index is -2.79. The highest BCUT2D eigenvalue weighted by Gasteiger charge is 2.47. The predicted octanol–water partition coefficient (Wildman–Crippen LogP) is -28.7. The summed E-state index contributed by atoms with van der Waals surface area (Å²) in [7, 11) is 235. The molecule has 0 aliphatic rings. The highest BCUT2D eigenvalue weighted by atomic mass is 15.0. The number of fused-ring (bicyclic) bond motifs is 6. The van der Waals surface area contributed by atoms with Gasteiger partial charge in [-0.25, -0.2) is 0 Å². The molecule has 68 radical (unpaired) electrons. The summed E-state index contributed by atoms with van der Waals surface area (Å²) >= 11 is 0. The van der Waals surface area contributed by atoms with E-state index in [9.17, 15) is 0 Å². The van der Waals surface area contributed by atoms with Crippen molar-refractivity contribution in [3.8, 4) is 11.4 Å². The van der Waals surface area contributed by atoms with Crippen LogP contribution in [0.3, 0.4) is 0 Å². The molecule has 8 aromatic carbocycles. The Balaban J connectivity index is 1.56. The normalized spacial score (nSPS) is 12.0. The van der Waals surface area contributed by atoms with E-state index >= 15 is 0 Å². The predicted molar refractivity (Wildman–Crippen MR) is 397 cm³/mol. The number of rotatable bonds is 6. The van der Waals surface area contributed by atoms with Crippen molar-refractivity contribution >= 4 is 496 Å². The highest BCUT2D eigenvalue weighted by molar-refractivity contribution is 6.76. The third kappa shape index (κ3) is 8.07. The molecule has 10 aromatic rings. The Hall–Kier alpha value is -4.43. The average Bonchev–Trinajstić information content (AvgIpc) is 1.86. The largest absolute Gasteiger partial charge is 0.312 e. The molecule has 10 rings (SSSR count). The van der Waals surface area contributed by atoms with Gasteiger partial charge in [0, 0.05) is 38.8 Å². The summed E-state index contributed by atoms with van der Waals surface area (Å²) in [5.41, 5.74) is -16.8. The van der Waals surface area contributed by atoms with Gasteiger partial charge in [-0.05, 0) is 38.4 Å². The Morgan fingerprint density at radius 1 is 0.141 bits per heavy atom. The number of hydrogen-bond acceptors (Lipinski definition) is 0. The van der Waals surface area contributed by atoms with Gasteiger partial charge in [-0.15, -0.1) is 120 Å². The van der Waals surface area contributed by atoms with Gasteiger partial charge in [0.05, 0.1) is 5.41 Å². The molecule has 0 spiro atoms. The fraction of sp³-hybridized carbons (Fsp3) is 0.0204. The first-order valence-electron chi connectivity index (χ1n) is 24.7. The third-order valence-electron chi connectivity index (χ3n) is 16.5. The Morgan fingerprint density at radius 2 is 0.294 bits per heavy atom. The molecule has 0 amide bonds. The molecule has 85 heavy (non-hydrogen) atoms. The van der Waals surface area contributed by atoms with Crippen LogP contribution < -0.4 is 186 Å². The quantitative estimate of drug-likeness (QED) is 0.116. The average molecular weight is 984 g/mol. The molecular formula is C49B34N2. The fourth-order valence-electron chi connectivity index (χ4n) is 12.0. The van der Waals surface area contributed by atoms with Gasteiger partial charge < -0.3 is 9.13 Å². The molecule has 2 heterocycles. The van der Waals surface area contributed by atoms with Gasteiger partial charge in [0.1, 0.15) is 267 Å². The lowest BCUT2D eigenvalue weighted by molar-refractivity contribution is 0.791. The molecule has 0 atom stereocenters. The first kappa shape index (κ1) is 63.6. The van der Waals surface area contributed by atoms with Crippen LogP contribution in [0.2, 0.25) is 0 Å². The van der Waals surface area contributed by atoms with E-state index in [1.807, 2.05) is 0 Å². The summed E-state index contributed by atoms with van der Waals surface area (Å²) in [6.45, 7) is 0. The first-order chi connectivity index (χ1) is 39.5. The standard InChI is InChI=1S/C49B34N2/c50-9-1-2-10(51)22(63)35(76)38(79)44(2)84(43(1)37(78)34(75)21(9)62)47-12(53)4-3-11(52)23(64)36(77)39(80)45(3)85(46(4)41(82)42(47)83)48-20(61)8(19(60)30(71)40(48)81)49(5-13(54)24(65)31(72)25(66)14(5)55,6-15(56)26(67)32(73)27(68)16(6)57)7-17(58)28(69)33(74)29(70)18(7)59. The molecule has 2 aromatic heterocycles. The van der Waals surface area contributed by atoms with Crippen LogP contribution in [0.25, 0.3) is 55.0 Å². The third-order valence-corrected chi connectivity index (χ3v) is 16.5. The monoisotopic (exact) mass is 990 g/mol. The van der Waals surface area contributed by atoms with Gasteiger partial charge in [0.25, 0.3) is 0 Å². The fourth-order valence-corrected chi connectivity index (χ4v) is 12.0. The van der Waals surface area contributed by atoms with Gasteiger partial charge in [0.15, 0.2) is 0 Å². The van der Waals surface area contributed by atoms with E-state index in [1.165, 1.54) is 9.13 Å². The molecule has 0 aliphatic heterocycles. The van der Waals surface area contributed by atoms with Crippen molar-refractivity contribution in [2.24, 2.45) is 0 Å². The Labute approximate surface area is 540 Å². The maximum absolute atomic E-state index is 7.80. The van der Waals surface area contributed by atoms with E-state index in [0.717, 1.165) is 0 Å². The second kappa shape index (κ2) is 21.4. The van der Waals surface area contributed by atoms with Crippen molar-refractivity contribution in [2.75, 3.05) is 0 Å². The van der Waals surface area contributed by atoms with E-state index in [1.54, 1.807) is 0 Å². The van der Waals surface area contributed by atoms with Crippen LogP contribution in [0.1, 0.15) is 22.3 Å². The van der Waals surface area contributed by atoms with Crippen LogP contribution in [0.4, 0.5) is 0 Å². The Bertz CT molecular complexity index is 4490.